The van der Waals surface area contributed by atoms with Gasteiger partial charge in [-0.1, -0.05) is 63.7 Å². The van der Waals surface area contributed by atoms with Crippen molar-refractivity contribution in [2.75, 3.05) is 0 Å². The van der Waals surface area contributed by atoms with Gasteiger partial charge in [-0.3, -0.25) is 0 Å². The number of hydrogen-bond donors (Lipinski definition) is 0. The van der Waals surface area contributed by atoms with Crippen molar-refractivity contribution in [3.63, 3.8) is 0 Å². The van der Waals surface area contributed by atoms with Crippen molar-refractivity contribution in [3.8, 4) is 0 Å². The Balaban J connectivity index is 3.28. The summed E-state index contributed by atoms with van der Waals surface area (Å²) in [5, 5.41) is 0. The van der Waals surface area contributed by atoms with Crippen molar-refractivity contribution in [2.45, 2.75) is 58.8 Å². The van der Waals surface area contributed by atoms with Crippen molar-refractivity contribution in [3.05, 3.63) is 24.8 Å². The van der Waals surface area contributed by atoms with Crippen LogP contribution in [-0.2, 0) is 0 Å². The summed E-state index contributed by atoms with van der Waals surface area (Å²) in [5.74, 6) is 0.603. The van der Waals surface area contributed by atoms with E-state index in [0.29, 0.717) is 5.92 Å². The average molecular weight is 194 g/mol. The monoisotopic (exact) mass is 194 g/mol. The molecule has 0 aliphatic rings. The maximum absolute atomic E-state index is 3.86. The highest BCUT2D eigenvalue weighted by Crippen LogP contribution is 2.14. The minimum Gasteiger partial charge on any atom is -0.102 e. The van der Waals surface area contributed by atoms with Crippen molar-refractivity contribution >= 4 is 0 Å². The third kappa shape index (κ3) is 8.10. The topological polar surface area (TPSA) is 0 Å². The minimum atomic E-state index is 0.603. The molecule has 0 bridgehead atoms. The molecule has 0 radical (unpaired) electrons. The van der Waals surface area contributed by atoms with Crippen LogP contribution in [0.15, 0.2) is 24.8 Å². The smallest absolute Gasteiger partial charge is 0.00563 e. The Bertz CT molecular complexity index is 144. The highest BCUT2D eigenvalue weighted by Gasteiger charge is 1.98. The Hall–Kier alpha value is -0.520. The molecule has 0 unspecified atom stereocenters. The SMILES string of the molecule is C=C[C@@H](/C=C\C)CCCCCCCC. The molecule has 1 atom stereocenters. The van der Waals surface area contributed by atoms with E-state index < -0.39 is 0 Å². The van der Waals surface area contributed by atoms with E-state index in [4.69, 9.17) is 0 Å². The van der Waals surface area contributed by atoms with Crippen molar-refractivity contribution in [2.24, 2.45) is 5.92 Å². The lowest BCUT2D eigenvalue weighted by Gasteiger charge is -2.06. The van der Waals surface area contributed by atoms with Crippen LogP contribution >= 0.6 is 0 Å². The van der Waals surface area contributed by atoms with E-state index in [-0.39, 0.29) is 0 Å². The number of allylic oxidation sites excluding steroid dienone is 3. The first-order chi connectivity index (χ1) is 6.85. The molecule has 0 aliphatic heterocycles. The first kappa shape index (κ1) is 13.5. The molecule has 0 aromatic heterocycles. The lowest BCUT2D eigenvalue weighted by Crippen LogP contribution is -1.91. The summed E-state index contributed by atoms with van der Waals surface area (Å²) in [6, 6.07) is 0. The zero-order chi connectivity index (χ0) is 10.6. The molecule has 0 rings (SSSR count). The Morgan fingerprint density at radius 3 is 2.29 bits per heavy atom. The predicted octanol–water partition coefficient (Wildman–Crippen LogP) is 5.12. The van der Waals surface area contributed by atoms with E-state index >= 15 is 0 Å². The highest BCUT2D eigenvalue weighted by atomic mass is 14.0. The maximum atomic E-state index is 3.86. The van der Waals surface area contributed by atoms with E-state index in [1.54, 1.807) is 0 Å². The van der Waals surface area contributed by atoms with E-state index in [9.17, 15) is 0 Å². The van der Waals surface area contributed by atoms with E-state index in [0.717, 1.165) is 0 Å². The fraction of sp³-hybridized carbons (Fsp3) is 0.714. The van der Waals surface area contributed by atoms with Crippen molar-refractivity contribution in [1.29, 1.82) is 0 Å². The van der Waals surface area contributed by atoms with Gasteiger partial charge in [0.05, 0.1) is 0 Å². The number of rotatable bonds is 9. The molecule has 0 saturated heterocycles. The lowest BCUT2D eigenvalue weighted by atomic mass is 10.00. The zero-order valence-corrected chi connectivity index (χ0v) is 9.97. The van der Waals surface area contributed by atoms with Crippen LogP contribution in [0.1, 0.15) is 58.8 Å². The largest absolute Gasteiger partial charge is 0.102 e. The third-order valence-electron chi connectivity index (χ3n) is 2.63. The summed E-state index contributed by atoms with van der Waals surface area (Å²) >= 11 is 0. The van der Waals surface area contributed by atoms with E-state index in [1.165, 1.54) is 44.9 Å². The molecule has 0 heteroatoms. The summed E-state index contributed by atoms with van der Waals surface area (Å²) in [7, 11) is 0. The number of hydrogen-bond acceptors (Lipinski definition) is 0. The normalized spacial score (nSPS) is 13.3. The number of unbranched alkanes of at least 4 members (excludes halogenated alkanes) is 5. The first-order valence-electron chi connectivity index (χ1n) is 6.10. The van der Waals surface area contributed by atoms with Gasteiger partial charge < -0.3 is 0 Å². The zero-order valence-electron chi connectivity index (χ0n) is 9.97. The summed E-state index contributed by atoms with van der Waals surface area (Å²) in [4.78, 5) is 0. The third-order valence-corrected chi connectivity index (χ3v) is 2.63. The van der Waals surface area contributed by atoms with Gasteiger partial charge >= 0.3 is 0 Å². The molecule has 0 saturated carbocycles. The molecule has 82 valence electrons. The van der Waals surface area contributed by atoms with Gasteiger partial charge in [0.25, 0.3) is 0 Å². The van der Waals surface area contributed by atoms with Gasteiger partial charge in [0.1, 0.15) is 0 Å². The Morgan fingerprint density at radius 2 is 1.71 bits per heavy atom. The standard InChI is InChI=1S/C14H26/c1-4-7-8-9-10-11-13-14(6-3)12-5-2/h5-6,12,14H,3-4,7-11,13H2,1-2H3/b12-5-/t14-/m0/s1. The molecular weight excluding hydrogens is 168 g/mol. The minimum absolute atomic E-state index is 0.603. The molecular formula is C14H26. The molecule has 0 N–H and O–H groups in total. The summed E-state index contributed by atoms with van der Waals surface area (Å²) < 4.78 is 0. The fourth-order valence-corrected chi connectivity index (χ4v) is 1.70. The molecule has 0 nitrogen and oxygen atoms in total. The molecule has 0 aliphatic carbocycles. The highest BCUT2D eigenvalue weighted by molar-refractivity contribution is 4.95. The Morgan fingerprint density at radius 1 is 1.07 bits per heavy atom. The quantitative estimate of drug-likeness (QED) is 0.353. The van der Waals surface area contributed by atoms with Gasteiger partial charge in [0.2, 0.25) is 0 Å². The van der Waals surface area contributed by atoms with Crippen LogP contribution in [0, 0.1) is 5.92 Å². The fourth-order valence-electron chi connectivity index (χ4n) is 1.70. The summed E-state index contributed by atoms with van der Waals surface area (Å²) in [5.41, 5.74) is 0. The van der Waals surface area contributed by atoms with Crippen LogP contribution in [0.4, 0.5) is 0 Å². The summed E-state index contributed by atoms with van der Waals surface area (Å²) in [6.45, 7) is 8.20. The molecule has 0 aromatic rings. The second-order valence-corrected chi connectivity index (χ2v) is 3.98. The van der Waals surface area contributed by atoms with Gasteiger partial charge in [-0.05, 0) is 19.3 Å². The van der Waals surface area contributed by atoms with Gasteiger partial charge in [-0.15, -0.1) is 6.58 Å². The van der Waals surface area contributed by atoms with Crippen LogP contribution in [0.25, 0.3) is 0 Å². The molecule has 14 heavy (non-hydrogen) atoms. The van der Waals surface area contributed by atoms with Gasteiger partial charge in [0, 0.05) is 0 Å². The van der Waals surface area contributed by atoms with Crippen LogP contribution in [0.2, 0.25) is 0 Å². The molecule has 0 aromatic carbocycles. The molecule has 0 amide bonds. The molecule has 0 fully saturated rings. The van der Waals surface area contributed by atoms with Crippen molar-refractivity contribution < 1.29 is 0 Å². The second-order valence-electron chi connectivity index (χ2n) is 3.98. The van der Waals surface area contributed by atoms with Crippen LogP contribution in [0.5, 0.6) is 0 Å². The lowest BCUT2D eigenvalue weighted by molar-refractivity contribution is 0.563. The predicted molar refractivity (Wildman–Crippen MR) is 66.5 cm³/mol. The average Bonchev–Trinajstić information content (AvgIpc) is 2.21. The van der Waals surface area contributed by atoms with Gasteiger partial charge in [-0.25, -0.2) is 0 Å². The molecule has 0 spiro atoms. The first-order valence-corrected chi connectivity index (χ1v) is 6.10. The Labute approximate surface area is 90.1 Å². The van der Waals surface area contributed by atoms with Crippen LogP contribution in [0.3, 0.4) is 0 Å². The van der Waals surface area contributed by atoms with Gasteiger partial charge in [-0.2, -0.15) is 0 Å². The summed E-state index contributed by atoms with van der Waals surface area (Å²) in [6.07, 6.45) is 16.0. The van der Waals surface area contributed by atoms with Crippen LogP contribution in [-0.4, -0.2) is 0 Å². The second kappa shape index (κ2) is 10.6. The van der Waals surface area contributed by atoms with E-state index in [2.05, 4.69) is 38.7 Å². The van der Waals surface area contributed by atoms with Crippen LogP contribution < -0.4 is 0 Å². The Kier molecular flexibility index (Phi) is 10.2. The molecule has 0 heterocycles. The van der Waals surface area contributed by atoms with E-state index in [1.807, 2.05) is 0 Å². The van der Waals surface area contributed by atoms with Crippen molar-refractivity contribution in [1.82, 2.24) is 0 Å². The van der Waals surface area contributed by atoms with Gasteiger partial charge in [0.15, 0.2) is 0 Å². The maximum Gasteiger partial charge on any atom is -0.00563 e.